The van der Waals surface area contributed by atoms with Crippen LogP contribution in [0, 0.1) is 23.1 Å². The standard InChI is InChI=1S/C36H45FN6O5/c1-36(2,3)31-25(12-15-43(31)35(47)48)22-40-13-10-24(11-14-40)33(45)41-16-18-42(19-17-41)34(46)28-20-23(8-9-29(28)37)21-30-26-6-4-5-7-27(26)32(44)39-38-30/h4-9,20,24-25,31H,10-19,21-22H2,1-3H3,(H,39,44)(H,47,48). The number of hydrogen-bond acceptors (Lipinski definition) is 6. The largest absolute Gasteiger partial charge is 0.465 e. The number of fused-ring (bicyclic) bond motifs is 1. The quantitative estimate of drug-likeness (QED) is 0.408. The molecule has 0 bridgehead atoms. The first-order valence-electron chi connectivity index (χ1n) is 17.0. The molecule has 2 unspecified atom stereocenters. The zero-order valence-electron chi connectivity index (χ0n) is 28.0. The molecule has 3 saturated heterocycles. The third-order valence-electron chi connectivity index (χ3n) is 10.4. The molecule has 48 heavy (non-hydrogen) atoms. The van der Waals surface area contributed by atoms with Gasteiger partial charge in [-0.05, 0) is 67.4 Å². The summed E-state index contributed by atoms with van der Waals surface area (Å²) in [7, 11) is 0. The number of rotatable bonds is 6. The second kappa shape index (κ2) is 13.7. The van der Waals surface area contributed by atoms with E-state index >= 15 is 0 Å². The van der Waals surface area contributed by atoms with Crippen LogP contribution < -0.4 is 5.56 Å². The Morgan fingerprint density at radius 1 is 0.917 bits per heavy atom. The molecule has 3 amide bonds. The van der Waals surface area contributed by atoms with Gasteiger partial charge in [-0.1, -0.05) is 45.0 Å². The minimum Gasteiger partial charge on any atom is -0.465 e. The van der Waals surface area contributed by atoms with E-state index in [4.69, 9.17) is 0 Å². The van der Waals surface area contributed by atoms with Gasteiger partial charge in [-0.15, -0.1) is 0 Å². The summed E-state index contributed by atoms with van der Waals surface area (Å²) >= 11 is 0. The number of carbonyl (C=O) groups is 3. The van der Waals surface area contributed by atoms with E-state index in [1.165, 1.54) is 6.07 Å². The molecule has 3 fully saturated rings. The van der Waals surface area contributed by atoms with Gasteiger partial charge in [0, 0.05) is 63.0 Å². The number of likely N-dealkylation sites (tertiary alicyclic amines) is 2. The molecule has 2 atom stereocenters. The molecule has 11 nitrogen and oxygen atoms in total. The van der Waals surface area contributed by atoms with Crippen molar-refractivity contribution in [2.45, 2.75) is 52.5 Å². The van der Waals surface area contributed by atoms with Gasteiger partial charge >= 0.3 is 6.09 Å². The molecule has 1 aromatic heterocycles. The summed E-state index contributed by atoms with van der Waals surface area (Å²) in [6.45, 7) is 10.8. The van der Waals surface area contributed by atoms with Crippen LogP contribution in [0.5, 0.6) is 0 Å². The maximum atomic E-state index is 15.0. The molecule has 0 radical (unpaired) electrons. The van der Waals surface area contributed by atoms with Crippen LogP contribution in [0.3, 0.4) is 0 Å². The van der Waals surface area contributed by atoms with Crippen LogP contribution in [0.25, 0.3) is 10.8 Å². The lowest BCUT2D eigenvalue weighted by molar-refractivity contribution is -0.138. The van der Waals surface area contributed by atoms with Crippen molar-refractivity contribution in [3.05, 3.63) is 75.5 Å². The highest BCUT2D eigenvalue weighted by atomic mass is 19.1. The number of piperazine rings is 1. The molecule has 2 aromatic carbocycles. The Morgan fingerprint density at radius 2 is 1.58 bits per heavy atom. The average Bonchev–Trinajstić information content (AvgIpc) is 3.52. The summed E-state index contributed by atoms with van der Waals surface area (Å²) in [5.41, 5.74) is 0.882. The van der Waals surface area contributed by atoms with Crippen LogP contribution in [-0.2, 0) is 11.2 Å². The molecular formula is C36H45FN6O5. The Hall–Kier alpha value is -4.32. The Balaban J connectivity index is 1.02. The molecule has 0 saturated carbocycles. The smallest absolute Gasteiger partial charge is 0.407 e. The molecular weight excluding hydrogens is 615 g/mol. The Bertz CT molecular complexity index is 1740. The fraction of sp³-hybridized carbons (Fsp3) is 0.528. The lowest BCUT2D eigenvalue weighted by atomic mass is 9.79. The monoisotopic (exact) mass is 660 g/mol. The van der Waals surface area contributed by atoms with Crippen molar-refractivity contribution < 1.29 is 23.9 Å². The van der Waals surface area contributed by atoms with Crippen LogP contribution in [0.2, 0.25) is 0 Å². The number of amides is 3. The molecule has 256 valence electrons. The highest BCUT2D eigenvalue weighted by Crippen LogP contribution is 2.38. The third kappa shape index (κ3) is 6.94. The minimum absolute atomic E-state index is 0.0178. The van der Waals surface area contributed by atoms with E-state index < -0.39 is 17.8 Å². The summed E-state index contributed by atoms with van der Waals surface area (Å²) in [6.07, 6.45) is 1.83. The zero-order chi connectivity index (χ0) is 34.2. The van der Waals surface area contributed by atoms with Gasteiger partial charge in [0.15, 0.2) is 0 Å². The molecule has 2 N–H and O–H groups in total. The number of aromatic nitrogens is 2. The summed E-state index contributed by atoms with van der Waals surface area (Å²) in [6, 6.07) is 11.6. The van der Waals surface area contributed by atoms with E-state index in [9.17, 15) is 28.7 Å². The van der Waals surface area contributed by atoms with Crippen molar-refractivity contribution in [1.29, 1.82) is 0 Å². The van der Waals surface area contributed by atoms with E-state index in [-0.39, 0.29) is 40.3 Å². The zero-order valence-corrected chi connectivity index (χ0v) is 28.0. The maximum absolute atomic E-state index is 15.0. The van der Waals surface area contributed by atoms with Gasteiger partial charge < -0.3 is 24.7 Å². The highest BCUT2D eigenvalue weighted by molar-refractivity contribution is 5.95. The number of nitrogens with one attached hydrogen (secondary N) is 1. The van der Waals surface area contributed by atoms with Gasteiger partial charge in [-0.25, -0.2) is 14.3 Å². The minimum atomic E-state index is -0.851. The average molecular weight is 661 g/mol. The maximum Gasteiger partial charge on any atom is 0.407 e. The molecule has 0 spiro atoms. The first kappa shape index (κ1) is 33.6. The van der Waals surface area contributed by atoms with Crippen LogP contribution in [0.1, 0.15) is 61.6 Å². The van der Waals surface area contributed by atoms with Gasteiger partial charge in [0.05, 0.1) is 16.6 Å². The topological polar surface area (TPSA) is 130 Å². The number of nitrogens with zero attached hydrogens (tertiary/aromatic N) is 5. The predicted molar refractivity (Wildman–Crippen MR) is 179 cm³/mol. The SMILES string of the molecule is CC(C)(C)C1C(CN2CCC(C(=O)N3CCN(C(=O)c4cc(Cc5n[nH]c(=O)c6ccccc56)ccc4F)CC3)CC2)CCN1C(=O)O. The van der Waals surface area contributed by atoms with Gasteiger partial charge in [0.25, 0.3) is 11.5 Å². The van der Waals surface area contributed by atoms with Crippen molar-refractivity contribution in [2.75, 3.05) is 52.4 Å². The summed E-state index contributed by atoms with van der Waals surface area (Å²) in [5.74, 6) is -0.704. The van der Waals surface area contributed by atoms with E-state index in [0.717, 1.165) is 38.9 Å². The summed E-state index contributed by atoms with van der Waals surface area (Å²) in [4.78, 5) is 58.4. The predicted octanol–water partition coefficient (Wildman–Crippen LogP) is 4.06. The van der Waals surface area contributed by atoms with Gasteiger partial charge in [0.2, 0.25) is 5.91 Å². The number of halogens is 1. The first-order chi connectivity index (χ1) is 22.9. The lowest BCUT2D eigenvalue weighted by Gasteiger charge is -2.41. The lowest BCUT2D eigenvalue weighted by Crippen LogP contribution is -2.53. The van der Waals surface area contributed by atoms with E-state index in [1.54, 1.807) is 34.1 Å². The van der Waals surface area contributed by atoms with Crippen molar-refractivity contribution in [2.24, 2.45) is 17.3 Å². The van der Waals surface area contributed by atoms with Gasteiger partial charge in [-0.3, -0.25) is 14.4 Å². The Kier molecular flexibility index (Phi) is 9.55. The van der Waals surface area contributed by atoms with Gasteiger partial charge in [-0.2, -0.15) is 5.10 Å². The van der Waals surface area contributed by atoms with Crippen molar-refractivity contribution in [3.63, 3.8) is 0 Å². The number of H-pyrrole nitrogens is 1. The van der Waals surface area contributed by atoms with Crippen molar-refractivity contribution in [3.8, 4) is 0 Å². The Morgan fingerprint density at radius 3 is 2.25 bits per heavy atom. The van der Waals surface area contributed by atoms with Crippen LogP contribution >= 0.6 is 0 Å². The van der Waals surface area contributed by atoms with E-state index in [2.05, 4.69) is 35.9 Å². The van der Waals surface area contributed by atoms with E-state index in [0.29, 0.717) is 61.2 Å². The number of carboxylic acid groups (broad SMARTS) is 1. The third-order valence-corrected chi connectivity index (χ3v) is 10.4. The van der Waals surface area contributed by atoms with Crippen LogP contribution in [0.4, 0.5) is 9.18 Å². The Labute approximate surface area is 279 Å². The number of benzene rings is 2. The van der Waals surface area contributed by atoms with Crippen LogP contribution in [-0.4, -0.2) is 111 Å². The normalized spacial score (nSPS) is 21.2. The number of carbonyl (C=O) groups excluding carboxylic acids is 2. The number of hydrogen-bond donors (Lipinski definition) is 2. The molecule has 0 aliphatic carbocycles. The fourth-order valence-corrected chi connectivity index (χ4v) is 8.04. The molecule has 3 aliphatic rings. The molecule has 6 rings (SSSR count). The summed E-state index contributed by atoms with van der Waals surface area (Å²) in [5, 5.41) is 17.7. The second-order valence-electron chi connectivity index (χ2n) is 14.6. The molecule has 3 aromatic rings. The van der Waals surface area contributed by atoms with E-state index in [1.807, 2.05) is 17.0 Å². The highest BCUT2D eigenvalue weighted by Gasteiger charge is 2.44. The van der Waals surface area contributed by atoms with Gasteiger partial charge in [0.1, 0.15) is 5.82 Å². The first-order valence-corrected chi connectivity index (χ1v) is 17.0. The second-order valence-corrected chi connectivity index (χ2v) is 14.6. The van der Waals surface area contributed by atoms with Crippen LogP contribution in [0.15, 0.2) is 47.3 Å². The molecule has 12 heteroatoms. The number of aromatic amines is 1. The van der Waals surface area contributed by atoms with Crippen molar-refractivity contribution in [1.82, 2.24) is 29.8 Å². The molecule has 4 heterocycles. The summed E-state index contributed by atoms with van der Waals surface area (Å²) < 4.78 is 15.0. The fourth-order valence-electron chi connectivity index (χ4n) is 8.04. The number of piperidine rings is 1. The molecule has 3 aliphatic heterocycles. The van der Waals surface area contributed by atoms with Crippen molar-refractivity contribution >= 4 is 28.7 Å².